The van der Waals surface area contributed by atoms with Crippen LogP contribution in [0.4, 0.5) is 20.2 Å². The molecule has 0 saturated carbocycles. The highest BCUT2D eigenvalue weighted by atomic mass is 32.2. The zero-order valence-corrected chi connectivity index (χ0v) is 50.4. The van der Waals surface area contributed by atoms with Crippen molar-refractivity contribution in [3.05, 3.63) is 101 Å². The molecule has 0 radical (unpaired) electrons. The molecule has 7 heterocycles. The number of sulfonamides is 2. The summed E-state index contributed by atoms with van der Waals surface area (Å²) in [6.45, 7) is 25.6. The second-order valence-electron chi connectivity index (χ2n) is 23.0. The fraction of sp³-hybridized carbons (Fsp3) is 0.472. The average molecular weight is 1150 g/mol. The predicted octanol–water partition coefficient (Wildman–Crippen LogP) is 6.65. The second kappa shape index (κ2) is 21.4. The number of carbonyl (C=O) groups is 2. The summed E-state index contributed by atoms with van der Waals surface area (Å²) in [4.78, 5) is 25.5. The molecule has 2 aromatic carbocycles. The van der Waals surface area contributed by atoms with Crippen LogP contribution in [0.2, 0.25) is 0 Å². The zero-order chi connectivity index (χ0) is 59.8. The van der Waals surface area contributed by atoms with Crippen molar-refractivity contribution in [1.82, 2.24) is 29.9 Å². The molecule has 3 aliphatic rings. The molecule has 20 nitrogen and oxygen atoms in total. The number of anilines is 2. The maximum atomic E-state index is 13.5. The van der Waals surface area contributed by atoms with Gasteiger partial charge in [0.2, 0.25) is 20.0 Å². The Morgan fingerprint density at radius 1 is 0.537 bits per heavy atom. The Hall–Kier alpha value is -5.93. The lowest BCUT2D eigenvalue weighted by Crippen LogP contribution is -2.41. The Bertz CT molecular complexity index is 3510. The van der Waals surface area contributed by atoms with Crippen molar-refractivity contribution in [3.8, 4) is 22.5 Å². The number of pyridine rings is 2. The lowest BCUT2D eigenvalue weighted by atomic mass is 9.49. The van der Waals surface area contributed by atoms with Crippen LogP contribution in [-0.4, -0.2) is 143 Å². The lowest BCUT2D eigenvalue weighted by Gasteiger charge is -2.32. The van der Waals surface area contributed by atoms with Gasteiger partial charge in [-0.15, -0.1) is 0 Å². The summed E-state index contributed by atoms with van der Waals surface area (Å²) in [6, 6.07) is 14.7. The van der Waals surface area contributed by atoms with E-state index in [9.17, 15) is 35.2 Å². The zero-order valence-electron chi connectivity index (χ0n) is 48.8. The Labute approximate surface area is 468 Å². The fourth-order valence-electron chi connectivity index (χ4n) is 8.70. The van der Waals surface area contributed by atoms with Gasteiger partial charge >= 0.3 is 21.1 Å². The van der Waals surface area contributed by atoms with Crippen LogP contribution in [0.1, 0.15) is 109 Å². The number of benzene rings is 2. The van der Waals surface area contributed by atoms with Crippen molar-refractivity contribution in [2.24, 2.45) is 0 Å². The van der Waals surface area contributed by atoms with Crippen molar-refractivity contribution >= 4 is 80.9 Å². The van der Waals surface area contributed by atoms with Gasteiger partial charge in [0.05, 0.1) is 92.0 Å². The van der Waals surface area contributed by atoms with Crippen LogP contribution in [0, 0.1) is 18.6 Å². The molecule has 430 valence electrons. The number of carbonyl (C=O) groups excluding carboxylic acids is 2. The number of rotatable bonds is 10. The van der Waals surface area contributed by atoms with E-state index >= 15 is 0 Å². The summed E-state index contributed by atoms with van der Waals surface area (Å²) in [5.41, 5.74) is 2.39. The van der Waals surface area contributed by atoms with Gasteiger partial charge in [0.15, 0.2) is 0 Å². The van der Waals surface area contributed by atoms with Gasteiger partial charge in [-0.1, -0.05) is 0 Å². The molecular weight excluding hydrogens is 1080 g/mol. The molecule has 4 aromatic heterocycles. The molecule has 80 heavy (non-hydrogen) atoms. The largest absolute Gasteiger partial charge is 0.497 e. The maximum Gasteiger partial charge on any atom is 0.497 e. The molecule has 0 bridgehead atoms. The number of amides is 2. The molecule has 2 amide bonds. The van der Waals surface area contributed by atoms with Crippen LogP contribution in [0.15, 0.2) is 73.1 Å². The van der Waals surface area contributed by atoms with Crippen LogP contribution in [-0.2, 0) is 48.0 Å². The van der Waals surface area contributed by atoms with Crippen LogP contribution in [0.25, 0.3) is 33.5 Å². The van der Waals surface area contributed by atoms with E-state index in [0.717, 1.165) is 21.1 Å². The molecule has 2 N–H and O–H groups in total. The summed E-state index contributed by atoms with van der Waals surface area (Å²) in [7, 11) is -3.07. The number of nitrogens with zero attached hydrogens (tertiary/aromatic N) is 6. The molecule has 0 spiro atoms. The monoisotopic (exact) mass is 1150 g/mol. The van der Waals surface area contributed by atoms with E-state index in [1.54, 1.807) is 37.4 Å². The SMILES string of the molecule is CC1(C)OB(B2OC(C)(C)C(C)(C)O2)OC1(C)C.CNC(=O)c1c(-c2ccc(F)cc2)nn2cc(N(C)S(C)(=O)=O)c(B3OC(C)(C)C(C)(C)O3)cc12.CNC(=O)c1c(-c2ccc(F)cc2)nn2cc(N(C)S(C)(=O)=O)c(C)cc12. The van der Waals surface area contributed by atoms with Gasteiger partial charge in [0.25, 0.3) is 11.8 Å². The van der Waals surface area contributed by atoms with Crippen molar-refractivity contribution in [3.63, 3.8) is 0 Å². The summed E-state index contributed by atoms with van der Waals surface area (Å²) in [5.74, 6) is -1.55. The summed E-state index contributed by atoms with van der Waals surface area (Å²) in [6.07, 6.45) is 5.29. The standard InChI is InChI=1S/C23H28BFN4O5S.C18H19FN4O3S.C12H24B2O4/c1-22(2)23(3,4)34-24(33-22)16-12-17-19(21(30)26-5)20(14-8-10-15(25)11-9-14)27-29(17)13-18(16)28(6)35(7,31)32;1-11-9-14-16(18(24)20-2)17(12-5-7-13(19)8-6-12)21-23(14)10-15(11)22(3)27(4,25)26;1-9(2)10(3,4)16-13(15-9)14-17-11(5,6)12(7,8)18-14/h8-13H,1-7H3,(H,26,30);5-10H,1-4H3,(H,20,24);1-8H3. The third-order valence-electron chi connectivity index (χ3n) is 15.8. The molecule has 0 aliphatic carbocycles. The third kappa shape index (κ3) is 11.9. The molecule has 6 aromatic rings. The Morgan fingerprint density at radius 3 is 1.19 bits per heavy atom. The van der Waals surface area contributed by atoms with Gasteiger partial charge in [0.1, 0.15) is 23.0 Å². The maximum absolute atomic E-state index is 13.5. The topological polar surface area (TPSA) is 223 Å². The molecule has 3 saturated heterocycles. The Morgan fingerprint density at radius 2 is 0.850 bits per heavy atom. The number of aryl methyl sites for hydroxylation is 1. The molecule has 27 heteroatoms. The first-order valence-corrected chi connectivity index (χ1v) is 29.4. The van der Waals surface area contributed by atoms with E-state index < -0.39 is 69.9 Å². The Kier molecular flexibility index (Phi) is 16.5. The minimum atomic E-state index is -3.66. The highest BCUT2D eigenvalue weighted by Gasteiger charge is 2.64. The number of hydrogen-bond donors (Lipinski definition) is 2. The third-order valence-corrected chi connectivity index (χ3v) is 18.2. The first-order chi connectivity index (χ1) is 36.7. The van der Waals surface area contributed by atoms with E-state index in [1.807, 2.05) is 83.1 Å². The van der Waals surface area contributed by atoms with Gasteiger partial charge in [-0.3, -0.25) is 18.2 Å². The fourth-order valence-corrected chi connectivity index (χ4v) is 9.76. The van der Waals surface area contributed by atoms with Crippen molar-refractivity contribution in [2.75, 3.05) is 49.3 Å². The second-order valence-corrected chi connectivity index (χ2v) is 27.1. The molecule has 3 aliphatic heterocycles. The van der Waals surface area contributed by atoms with E-state index in [-0.39, 0.29) is 39.6 Å². The molecule has 3 fully saturated rings. The quantitative estimate of drug-likeness (QED) is 0.137. The summed E-state index contributed by atoms with van der Waals surface area (Å²) >= 11 is 0. The summed E-state index contributed by atoms with van der Waals surface area (Å²) in [5, 5.41) is 14.2. The first kappa shape index (κ1) is 61.7. The first-order valence-electron chi connectivity index (χ1n) is 25.7. The number of hydrogen-bond acceptors (Lipinski definition) is 14. The average Bonchev–Trinajstić information content (AvgIpc) is 4.32. The highest BCUT2D eigenvalue weighted by molar-refractivity contribution is 7.92. The van der Waals surface area contributed by atoms with Crippen molar-refractivity contribution in [2.45, 2.75) is 124 Å². The van der Waals surface area contributed by atoms with E-state index in [0.29, 0.717) is 55.8 Å². The lowest BCUT2D eigenvalue weighted by molar-refractivity contribution is 0.00578. The minimum absolute atomic E-state index is 0.255. The smallest absolute Gasteiger partial charge is 0.405 e. The van der Waals surface area contributed by atoms with Crippen molar-refractivity contribution < 1.29 is 63.1 Å². The van der Waals surface area contributed by atoms with Gasteiger partial charge in [-0.25, -0.2) is 34.6 Å². The molecule has 9 rings (SSSR count). The highest BCUT2D eigenvalue weighted by Crippen LogP contribution is 2.43. The van der Waals surface area contributed by atoms with Crippen LogP contribution < -0.4 is 24.7 Å². The van der Waals surface area contributed by atoms with Crippen molar-refractivity contribution in [1.29, 1.82) is 0 Å². The summed E-state index contributed by atoms with van der Waals surface area (Å²) < 4.78 is 117. The van der Waals surface area contributed by atoms with E-state index in [4.69, 9.17) is 27.9 Å². The predicted molar refractivity (Wildman–Crippen MR) is 307 cm³/mol. The number of fused-ring (bicyclic) bond motifs is 2. The van der Waals surface area contributed by atoms with Crippen LogP contribution >= 0.6 is 0 Å². The van der Waals surface area contributed by atoms with Gasteiger partial charge < -0.3 is 38.6 Å². The van der Waals surface area contributed by atoms with Crippen LogP contribution in [0.3, 0.4) is 0 Å². The van der Waals surface area contributed by atoms with E-state index in [1.165, 1.54) is 79.8 Å². The van der Waals surface area contributed by atoms with E-state index in [2.05, 4.69) is 20.8 Å². The number of halogens is 2. The molecule has 0 unspecified atom stereocenters. The molecule has 0 atom stereocenters. The van der Waals surface area contributed by atoms with Gasteiger partial charge in [-0.05, 0) is 156 Å². The minimum Gasteiger partial charge on any atom is -0.405 e. The molecular formula is C53H71B3F2N8O12S2. The normalized spacial score (nSPS) is 18.6. The number of aromatic nitrogens is 4. The van der Waals surface area contributed by atoms with Gasteiger partial charge in [-0.2, -0.15) is 10.2 Å². The van der Waals surface area contributed by atoms with Crippen LogP contribution in [0.5, 0.6) is 0 Å². The number of nitrogens with one attached hydrogen (secondary N) is 2. The Balaban J connectivity index is 0.000000183. The van der Waals surface area contributed by atoms with Gasteiger partial charge in [0, 0.05) is 44.8 Å².